The smallest absolute Gasteiger partial charge is 0.127 e. The van der Waals surface area contributed by atoms with E-state index in [1.54, 1.807) is 0 Å². The van der Waals surface area contributed by atoms with Crippen molar-refractivity contribution >= 4 is 5.69 Å². The molecule has 0 atom stereocenters. The molecule has 2 heteroatoms. The summed E-state index contributed by atoms with van der Waals surface area (Å²) in [5.41, 5.74) is 8.97. The van der Waals surface area contributed by atoms with Crippen LogP contribution >= 0.6 is 0 Å². The molecule has 0 spiro atoms. The first-order valence-corrected chi connectivity index (χ1v) is 6.96. The summed E-state index contributed by atoms with van der Waals surface area (Å²) >= 11 is 0. The van der Waals surface area contributed by atoms with Crippen LogP contribution < -0.4 is 10.5 Å². The van der Waals surface area contributed by atoms with Crippen molar-refractivity contribution in [2.24, 2.45) is 0 Å². The molecule has 3 aromatic rings. The second kappa shape index (κ2) is 6.14. The lowest BCUT2D eigenvalue weighted by Gasteiger charge is -2.07. The second-order valence-corrected chi connectivity index (χ2v) is 4.98. The maximum atomic E-state index is 5.78. The van der Waals surface area contributed by atoms with Crippen LogP contribution in [0, 0.1) is 0 Å². The summed E-state index contributed by atoms with van der Waals surface area (Å²) < 4.78 is 5.78. The average molecular weight is 275 g/mol. The Kier molecular flexibility index (Phi) is 3.88. The lowest BCUT2D eigenvalue weighted by molar-refractivity contribution is 0.482. The Bertz CT molecular complexity index is 688. The van der Waals surface area contributed by atoms with Gasteiger partial charge in [-0.05, 0) is 53.9 Å². The molecule has 3 rings (SSSR count). The average Bonchev–Trinajstić information content (AvgIpc) is 2.53. The number of hydrogen-bond acceptors (Lipinski definition) is 2. The minimum Gasteiger partial charge on any atom is -0.457 e. The van der Waals surface area contributed by atoms with E-state index in [-0.39, 0.29) is 0 Å². The quantitative estimate of drug-likeness (QED) is 0.703. The van der Waals surface area contributed by atoms with Crippen LogP contribution in [0.2, 0.25) is 0 Å². The Morgan fingerprint density at radius 2 is 1.14 bits per heavy atom. The van der Waals surface area contributed by atoms with E-state index in [1.165, 1.54) is 11.1 Å². The molecule has 0 unspecified atom stereocenters. The third-order valence-corrected chi connectivity index (χ3v) is 3.29. The van der Waals surface area contributed by atoms with Crippen molar-refractivity contribution in [2.75, 3.05) is 5.73 Å². The van der Waals surface area contributed by atoms with E-state index in [0.29, 0.717) is 0 Å². The molecule has 0 saturated heterocycles. The van der Waals surface area contributed by atoms with Crippen molar-refractivity contribution in [2.45, 2.75) is 6.42 Å². The first-order chi connectivity index (χ1) is 10.3. The summed E-state index contributed by atoms with van der Waals surface area (Å²) in [5, 5.41) is 0. The van der Waals surface area contributed by atoms with E-state index in [1.807, 2.05) is 42.5 Å². The van der Waals surface area contributed by atoms with Gasteiger partial charge >= 0.3 is 0 Å². The number of nitrogen functional groups attached to an aromatic ring is 1. The van der Waals surface area contributed by atoms with Crippen molar-refractivity contribution in [3.63, 3.8) is 0 Å². The molecule has 0 aliphatic rings. The fourth-order valence-electron chi connectivity index (χ4n) is 2.18. The summed E-state index contributed by atoms with van der Waals surface area (Å²) in [6, 6.07) is 26.0. The molecule has 0 heterocycles. The van der Waals surface area contributed by atoms with Gasteiger partial charge in [0, 0.05) is 5.69 Å². The number of benzene rings is 3. The summed E-state index contributed by atoms with van der Waals surface area (Å²) in [6.45, 7) is 0. The summed E-state index contributed by atoms with van der Waals surface area (Å²) in [5.74, 6) is 1.62. The standard InChI is InChI=1S/C19H17NO/c20-17-8-12-19(13-9-17)21-18-10-6-16(7-11-18)14-15-4-2-1-3-5-15/h1-13H,14,20H2. The highest BCUT2D eigenvalue weighted by Crippen LogP contribution is 2.23. The molecule has 0 aromatic heterocycles. The summed E-state index contributed by atoms with van der Waals surface area (Å²) in [4.78, 5) is 0. The minimum absolute atomic E-state index is 0.737. The van der Waals surface area contributed by atoms with Crippen molar-refractivity contribution in [1.82, 2.24) is 0 Å². The van der Waals surface area contributed by atoms with Gasteiger partial charge in [-0.3, -0.25) is 0 Å². The van der Waals surface area contributed by atoms with Gasteiger partial charge in [0.1, 0.15) is 11.5 Å². The van der Waals surface area contributed by atoms with Gasteiger partial charge < -0.3 is 10.5 Å². The summed E-state index contributed by atoms with van der Waals surface area (Å²) in [6.07, 6.45) is 0.934. The molecule has 104 valence electrons. The SMILES string of the molecule is Nc1ccc(Oc2ccc(Cc3ccccc3)cc2)cc1. The molecule has 21 heavy (non-hydrogen) atoms. The Hall–Kier alpha value is -2.74. The van der Waals surface area contributed by atoms with Crippen LogP contribution in [-0.2, 0) is 6.42 Å². The molecule has 0 radical (unpaired) electrons. The number of ether oxygens (including phenoxy) is 1. The topological polar surface area (TPSA) is 35.2 Å². The van der Waals surface area contributed by atoms with Gasteiger partial charge in [-0.15, -0.1) is 0 Å². The van der Waals surface area contributed by atoms with Gasteiger partial charge in [-0.1, -0.05) is 42.5 Å². The van der Waals surface area contributed by atoms with Gasteiger partial charge in [0.15, 0.2) is 0 Å². The Labute approximate surface area is 124 Å². The highest BCUT2D eigenvalue weighted by atomic mass is 16.5. The minimum atomic E-state index is 0.737. The molecule has 0 fully saturated rings. The maximum absolute atomic E-state index is 5.78. The van der Waals surface area contributed by atoms with Crippen LogP contribution in [0.25, 0.3) is 0 Å². The molecular formula is C19H17NO. The van der Waals surface area contributed by atoms with Crippen LogP contribution in [-0.4, -0.2) is 0 Å². The lowest BCUT2D eigenvalue weighted by atomic mass is 10.1. The fourth-order valence-corrected chi connectivity index (χ4v) is 2.18. The van der Waals surface area contributed by atoms with E-state index < -0.39 is 0 Å². The predicted molar refractivity (Wildman–Crippen MR) is 86.6 cm³/mol. The Morgan fingerprint density at radius 3 is 1.76 bits per heavy atom. The molecule has 0 aliphatic heterocycles. The zero-order valence-electron chi connectivity index (χ0n) is 11.7. The first kappa shape index (κ1) is 13.3. The Balaban J connectivity index is 1.68. The van der Waals surface area contributed by atoms with Crippen LogP contribution in [0.3, 0.4) is 0 Å². The highest BCUT2D eigenvalue weighted by molar-refractivity contribution is 5.43. The van der Waals surface area contributed by atoms with E-state index in [9.17, 15) is 0 Å². The monoisotopic (exact) mass is 275 g/mol. The number of nitrogens with two attached hydrogens (primary N) is 1. The molecule has 0 amide bonds. The third kappa shape index (κ3) is 3.63. The van der Waals surface area contributed by atoms with Crippen LogP contribution in [0.5, 0.6) is 11.5 Å². The number of hydrogen-bond donors (Lipinski definition) is 1. The molecule has 2 nitrogen and oxygen atoms in total. The number of rotatable bonds is 4. The van der Waals surface area contributed by atoms with Crippen molar-refractivity contribution in [3.8, 4) is 11.5 Å². The molecule has 2 N–H and O–H groups in total. The third-order valence-electron chi connectivity index (χ3n) is 3.29. The first-order valence-electron chi connectivity index (χ1n) is 6.96. The molecule has 0 bridgehead atoms. The normalized spacial score (nSPS) is 10.3. The molecule has 0 aliphatic carbocycles. The van der Waals surface area contributed by atoms with Crippen LogP contribution in [0.4, 0.5) is 5.69 Å². The van der Waals surface area contributed by atoms with Crippen LogP contribution in [0.1, 0.15) is 11.1 Å². The zero-order chi connectivity index (χ0) is 14.5. The Morgan fingerprint density at radius 1 is 0.619 bits per heavy atom. The van der Waals surface area contributed by atoms with E-state index >= 15 is 0 Å². The van der Waals surface area contributed by atoms with Gasteiger partial charge in [-0.2, -0.15) is 0 Å². The fraction of sp³-hybridized carbons (Fsp3) is 0.0526. The van der Waals surface area contributed by atoms with Gasteiger partial charge in [0.2, 0.25) is 0 Å². The maximum Gasteiger partial charge on any atom is 0.127 e. The van der Waals surface area contributed by atoms with E-state index in [4.69, 9.17) is 10.5 Å². The summed E-state index contributed by atoms with van der Waals surface area (Å²) in [7, 11) is 0. The highest BCUT2D eigenvalue weighted by Gasteiger charge is 1.99. The van der Waals surface area contributed by atoms with E-state index in [0.717, 1.165) is 23.6 Å². The zero-order valence-corrected chi connectivity index (χ0v) is 11.7. The van der Waals surface area contributed by atoms with Gasteiger partial charge in [0.05, 0.1) is 0 Å². The largest absolute Gasteiger partial charge is 0.457 e. The van der Waals surface area contributed by atoms with Gasteiger partial charge in [0.25, 0.3) is 0 Å². The molecular weight excluding hydrogens is 258 g/mol. The molecule has 3 aromatic carbocycles. The number of anilines is 1. The van der Waals surface area contributed by atoms with Crippen molar-refractivity contribution in [1.29, 1.82) is 0 Å². The van der Waals surface area contributed by atoms with Gasteiger partial charge in [-0.25, -0.2) is 0 Å². The van der Waals surface area contributed by atoms with Crippen LogP contribution in [0.15, 0.2) is 78.9 Å². The molecule has 0 saturated carbocycles. The predicted octanol–water partition coefficient (Wildman–Crippen LogP) is 4.65. The lowest BCUT2D eigenvalue weighted by Crippen LogP contribution is -1.89. The van der Waals surface area contributed by atoms with Crippen molar-refractivity contribution in [3.05, 3.63) is 90.0 Å². The van der Waals surface area contributed by atoms with E-state index in [2.05, 4.69) is 36.4 Å². The van der Waals surface area contributed by atoms with Crippen molar-refractivity contribution < 1.29 is 4.74 Å². The second-order valence-electron chi connectivity index (χ2n) is 4.98.